The van der Waals surface area contributed by atoms with Crippen molar-refractivity contribution in [3.05, 3.63) is 11.5 Å². The van der Waals surface area contributed by atoms with Gasteiger partial charge in [0.15, 0.2) is 10.8 Å². The molecule has 3 N–H and O–H groups in total. The molecule has 0 spiro atoms. The number of aromatic nitrogens is 4. The van der Waals surface area contributed by atoms with E-state index in [0.29, 0.717) is 16.3 Å². The molecule has 5 nitrogen and oxygen atoms in total. The van der Waals surface area contributed by atoms with E-state index < -0.39 is 0 Å². The number of imidazole rings is 1. The zero-order valence-electron chi connectivity index (χ0n) is 6.37. The molecular formula is C5H4ClN5Na+. The van der Waals surface area contributed by atoms with Gasteiger partial charge in [0.05, 0.1) is 6.33 Å². The van der Waals surface area contributed by atoms with Gasteiger partial charge in [-0.3, -0.25) is 0 Å². The Hall–Kier alpha value is -0.360. The molecule has 0 aliphatic carbocycles. The Morgan fingerprint density at radius 1 is 1.42 bits per heavy atom. The van der Waals surface area contributed by atoms with E-state index in [9.17, 15) is 0 Å². The fraction of sp³-hybridized carbons (Fsp3) is 0. The molecule has 0 atom stereocenters. The van der Waals surface area contributed by atoms with Crippen LogP contribution in [0.4, 0.5) is 5.95 Å². The molecule has 0 aliphatic heterocycles. The smallest absolute Gasteiger partial charge is 0.368 e. The Bertz CT molecular complexity index is 400. The van der Waals surface area contributed by atoms with Crippen molar-refractivity contribution in [2.75, 3.05) is 5.73 Å². The van der Waals surface area contributed by atoms with Crippen LogP contribution < -0.4 is 35.3 Å². The monoisotopic (exact) mass is 192 g/mol. The van der Waals surface area contributed by atoms with Gasteiger partial charge in [0.2, 0.25) is 5.95 Å². The van der Waals surface area contributed by atoms with Crippen molar-refractivity contribution in [2.24, 2.45) is 0 Å². The van der Waals surface area contributed by atoms with Crippen molar-refractivity contribution >= 4 is 28.7 Å². The topological polar surface area (TPSA) is 80.5 Å². The maximum absolute atomic E-state index is 5.70. The van der Waals surface area contributed by atoms with E-state index in [4.69, 9.17) is 17.3 Å². The van der Waals surface area contributed by atoms with E-state index in [1.165, 1.54) is 6.33 Å². The van der Waals surface area contributed by atoms with Crippen LogP contribution in [0.15, 0.2) is 6.33 Å². The summed E-state index contributed by atoms with van der Waals surface area (Å²) in [6, 6.07) is 0. The number of nitrogens with two attached hydrogens (primary N) is 1. The van der Waals surface area contributed by atoms with Crippen LogP contribution in [0.25, 0.3) is 11.2 Å². The van der Waals surface area contributed by atoms with Crippen molar-refractivity contribution in [3.63, 3.8) is 0 Å². The van der Waals surface area contributed by atoms with E-state index in [-0.39, 0.29) is 35.5 Å². The maximum Gasteiger partial charge on any atom is 1.00 e. The number of anilines is 1. The van der Waals surface area contributed by atoms with Crippen LogP contribution in [0.2, 0.25) is 5.15 Å². The minimum absolute atomic E-state index is 0. The van der Waals surface area contributed by atoms with Gasteiger partial charge in [-0.2, -0.15) is 9.97 Å². The first-order valence-corrected chi connectivity index (χ1v) is 3.27. The van der Waals surface area contributed by atoms with E-state index >= 15 is 0 Å². The standard InChI is InChI=1S/C5H4ClN5.Na/c6-3-2-4(9-1-8-2)11-5(7)10-3;/h1H,(H3,7,8,9,10,11);/q;+1. The summed E-state index contributed by atoms with van der Waals surface area (Å²) < 4.78 is 0. The second-order valence-corrected chi connectivity index (χ2v) is 2.33. The van der Waals surface area contributed by atoms with E-state index in [2.05, 4.69) is 19.9 Å². The molecule has 0 amide bonds. The molecule has 2 heterocycles. The third kappa shape index (κ3) is 1.54. The Labute approximate surface area is 95.0 Å². The number of hydrogen-bond donors (Lipinski definition) is 2. The molecule has 0 aliphatic rings. The predicted molar refractivity (Wildman–Crippen MR) is 41.1 cm³/mol. The normalized spacial score (nSPS) is 9.75. The van der Waals surface area contributed by atoms with Crippen LogP contribution >= 0.6 is 11.6 Å². The molecule has 0 radical (unpaired) electrons. The van der Waals surface area contributed by atoms with Gasteiger partial charge in [-0.05, 0) is 0 Å². The molecular weight excluding hydrogens is 189 g/mol. The van der Waals surface area contributed by atoms with Crippen LogP contribution in [-0.2, 0) is 0 Å². The average Bonchev–Trinajstić information content (AvgIpc) is 2.34. The van der Waals surface area contributed by atoms with Gasteiger partial charge in [-0.1, -0.05) is 11.6 Å². The summed E-state index contributed by atoms with van der Waals surface area (Å²) in [7, 11) is 0. The molecule has 7 heteroatoms. The third-order valence-electron chi connectivity index (χ3n) is 1.26. The summed E-state index contributed by atoms with van der Waals surface area (Å²) in [6.45, 7) is 0. The molecule has 0 saturated carbocycles. The summed E-state index contributed by atoms with van der Waals surface area (Å²) in [5.41, 5.74) is 6.42. The number of aromatic amines is 1. The average molecular weight is 193 g/mol. The van der Waals surface area contributed by atoms with E-state index in [0.717, 1.165) is 0 Å². The summed E-state index contributed by atoms with van der Waals surface area (Å²) in [5, 5.41) is 0.296. The van der Waals surface area contributed by atoms with Gasteiger partial charge < -0.3 is 10.7 Å². The molecule has 0 fully saturated rings. The predicted octanol–water partition coefficient (Wildman–Crippen LogP) is -2.41. The first kappa shape index (κ1) is 9.73. The molecule has 56 valence electrons. The number of nitrogens with one attached hydrogen (secondary N) is 1. The first-order chi connectivity index (χ1) is 5.27. The number of H-pyrrole nitrogens is 1. The number of nitrogen functional groups attached to an aromatic ring is 1. The van der Waals surface area contributed by atoms with Crippen LogP contribution in [0.5, 0.6) is 0 Å². The molecule has 0 unspecified atom stereocenters. The first-order valence-electron chi connectivity index (χ1n) is 2.89. The Kier molecular flexibility index (Phi) is 2.89. The third-order valence-corrected chi connectivity index (χ3v) is 1.53. The van der Waals surface area contributed by atoms with Gasteiger partial charge in [0, 0.05) is 0 Å². The second-order valence-electron chi connectivity index (χ2n) is 1.97. The maximum atomic E-state index is 5.70. The van der Waals surface area contributed by atoms with Gasteiger partial charge in [0.25, 0.3) is 0 Å². The van der Waals surface area contributed by atoms with Crippen molar-refractivity contribution in [1.29, 1.82) is 0 Å². The molecule has 0 aromatic carbocycles. The molecule has 2 aromatic heterocycles. The molecule has 2 aromatic rings. The summed E-state index contributed by atoms with van der Waals surface area (Å²) in [6.07, 6.45) is 1.49. The summed E-state index contributed by atoms with van der Waals surface area (Å²) in [5.74, 6) is 0.134. The molecule has 12 heavy (non-hydrogen) atoms. The summed E-state index contributed by atoms with van der Waals surface area (Å²) >= 11 is 5.70. The van der Waals surface area contributed by atoms with Gasteiger partial charge in [0.1, 0.15) is 5.52 Å². The second kappa shape index (κ2) is 3.57. The number of halogens is 1. The van der Waals surface area contributed by atoms with Crippen LogP contribution in [0.1, 0.15) is 0 Å². The zero-order valence-corrected chi connectivity index (χ0v) is 9.13. The fourth-order valence-electron chi connectivity index (χ4n) is 0.814. The van der Waals surface area contributed by atoms with Gasteiger partial charge in [-0.25, -0.2) is 4.98 Å². The van der Waals surface area contributed by atoms with Gasteiger partial charge >= 0.3 is 29.6 Å². The largest absolute Gasteiger partial charge is 1.00 e. The Morgan fingerprint density at radius 2 is 2.17 bits per heavy atom. The van der Waals surface area contributed by atoms with E-state index in [1.807, 2.05) is 0 Å². The van der Waals surface area contributed by atoms with E-state index in [1.54, 1.807) is 0 Å². The van der Waals surface area contributed by atoms with Crippen molar-refractivity contribution in [1.82, 2.24) is 19.9 Å². The minimum atomic E-state index is 0. The van der Waals surface area contributed by atoms with Gasteiger partial charge in [-0.15, -0.1) is 0 Å². The van der Waals surface area contributed by atoms with Crippen LogP contribution in [0.3, 0.4) is 0 Å². The molecule has 0 bridgehead atoms. The summed E-state index contributed by atoms with van der Waals surface area (Å²) in [4.78, 5) is 14.2. The Balaban J connectivity index is 0.000000720. The SMILES string of the molecule is Nc1nc(Cl)c2[nH]cnc2n1.[Na+]. The quantitative estimate of drug-likeness (QED) is 0.360. The fourth-order valence-corrected chi connectivity index (χ4v) is 1.04. The number of nitrogens with zero attached hydrogens (tertiary/aromatic N) is 3. The van der Waals surface area contributed by atoms with Crippen LogP contribution in [-0.4, -0.2) is 19.9 Å². The number of hydrogen-bond acceptors (Lipinski definition) is 4. The minimum Gasteiger partial charge on any atom is -0.368 e. The zero-order chi connectivity index (χ0) is 7.84. The van der Waals surface area contributed by atoms with Crippen LogP contribution in [0, 0.1) is 0 Å². The van der Waals surface area contributed by atoms with Crippen molar-refractivity contribution in [2.45, 2.75) is 0 Å². The van der Waals surface area contributed by atoms with Crippen molar-refractivity contribution in [3.8, 4) is 0 Å². The number of rotatable bonds is 0. The molecule has 0 saturated heterocycles. The van der Waals surface area contributed by atoms with Crippen molar-refractivity contribution < 1.29 is 29.6 Å². The number of fused-ring (bicyclic) bond motifs is 1. The molecule has 2 rings (SSSR count). The Morgan fingerprint density at radius 3 is 2.92 bits per heavy atom.